The number of amides is 1. The smallest absolute Gasteiger partial charge is 0.335 e. The number of carbonyl (C=O) groups excluding carboxylic acids is 1. The van der Waals surface area contributed by atoms with Crippen molar-refractivity contribution in [3.63, 3.8) is 0 Å². The van der Waals surface area contributed by atoms with Gasteiger partial charge in [-0.15, -0.1) is 0 Å². The van der Waals surface area contributed by atoms with Crippen LogP contribution in [0.5, 0.6) is 0 Å². The van der Waals surface area contributed by atoms with E-state index in [0.717, 1.165) is 0 Å². The number of thiocarbonyl (C=S) groups is 1. The number of hydrogen-bond acceptors (Lipinski definition) is 3. The fourth-order valence-electron chi connectivity index (χ4n) is 1.72. The first-order chi connectivity index (χ1) is 10.9. The first-order valence-corrected chi connectivity index (χ1v) is 8.27. The molecular weight excluding hydrogens is 448 g/mol. The van der Waals surface area contributed by atoms with Crippen LogP contribution in [0.1, 0.15) is 20.7 Å². The minimum atomic E-state index is -1.05. The van der Waals surface area contributed by atoms with Gasteiger partial charge in [-0.3, -0.25) is 10.1 Å². The first kappa shape index (κ1) is 17.6. The fourth-order valence-corrected chi connectivity index (χ4v) is 2.74. The number of benzene rings is 2. The third-order valence-corrected chi connectivity index (χ3v) is 4.39. The maximum absolute atomic E-state index is 12.2. The van der Waals surface area contributed by atoms with Crippen molar-refractivity contribution < 1.29 is 14.7 Å². The van der Waals surface area contributed by atoms with Crippen LogP contribution in [0.3, 0.4) is 0 Å². The summed E-state index contributed by atoms with van der Waals surface area (Å²) in [6.45, 7) is 0. The monoisotopic (exact) mass is 456 g/mol. The molecule has 0 aliphatic carbocycles. The van der Waals surface area contributed by atoms with E-state index >= 15 is 0 Å². The zero-order chi connectivity index (χ0) is 17.0. The molecule has 0 aliphatic heterocycles. The molecule has 2 rings (SSSR count). The summed E-state index contributed by atoms with van der Waals surface area (Å²) in [4.78, 5) is 23.2. The van der Waals surface area contributed by atoms with Crippen LogP contribution < -0.4 is 10.6 Å². The molecule has 5 nitrogen and oxygen atoms in total. The standard InChI is InChI=1S/C15H10Br2N2O3S/c16-10-4-2-1-3-9(10)13(20)19-15(23)18-12-7-8(14(21)22)5-6-11(12)17/h1-7H,(H,21,22)(H2,18,19,20,23). The Kier molecular flexibility index (Phi) is 5.86. The Morgan fingerprint density at radius 1 is 1.04 bits per heavy atom. The summed E-state index contributed by atoms with van der Waals surface area (Å²) < 4.78 is 1.27. The molecule has 23 heavy (non-hydrogen) atoms. The Morgan fingerprint density at radius 2 is 1.74 bits per heavy atom. The Balaban J connectivity index is 2.11. The van der Waals surface area contributed by atoms with Crippen LogP contribution in [0, 0.1) is 0 Å². The molecular formula is C15H10Br2N2O3S. The van der Waals surface area contributed by atoms with E-state index in [9.17, 15) is 9.59 Å². The molecule has 0 heterocycles. The van der Waals surface area contributed by atoms with E-state index < -0.39 is 5.97 Å². The minimum Gasteiger partial charge on any atom is -0.478 e. The topological polar surface area (TPSA) is 78.4 Å². The Labute approximate surface area is 154 Å². The first-order valence-electron chi connectivity index (χ1n) is 6.28. The highest BCUT2D eigenvalue weighted by Crippen LogP contribution is 2.23. The van der Waals surface area contributed by atoms with Crippen molar-refractivity contribution in [3.05, 3.63) is 62.5 Å². The van der Waals surface area contributed by atoms with Gasteiger partial charge in [-0.2, -0.15) is 0 Å². The summed E-state index contributed by atoms with van der Waals surface area (Å²) in [5.41, 5.74) is 0.993. The van der Waals surface area contributed by atoms with Crippen molar-refractivity contribution in [1.82, 2.24) is 5.32 Å². The van der Waals surface area contributed by atoms with Gasteiger partial charge >= 0.3 is 5.97 Å². The van der Waals surface area contributed by atoms with Gasteiger partial charge < -0.3 is 10.4 Å². The number of carboxylic acids is 1. The molecule has 8 heteroatoms. The van der Waals surface area contributed by atoms with Crippen LogP contribution in [0.25, 0.3) is 0 Å². The normalized spacial score (nSPS) is 10.0. The van der Waals surface area contributed by atoms with Crippen molar-refractivity contribution in [1.29, 1.82) is 0 Å². The molecule has 0 atom stereocenters. The van der Waals surface area contributed by atoms with Crippen LogP contribution in [0.15, 0.2) is 51.4 Å². The summed E-state index contributed by atoms with van der Waals surface area (Å²) in [6.07, 6.45) is 0. The van der Waals surface area contributed by atoms with E-state index in [1.54, 1.807) is 30.3 Å². The van der Waals surface area contributed by atoms with E-state index in [1.165, 1.54) is 12.1 Å². The second-order valence-corrected chi connectivity index (χ2v) is 6.50. The molecule has 118 valence electrons. The van der Waals surface area contributed by atoms with Crippen molar-refractivity contribution in [2.24, 2.45) is 0 Å². The highest BCUT2D eigenvalue weighted by atomic mass is 79.9. The summed E-state index contributed by atoms with van der Waals surface area (Å²) >= 11 is 11.7. The maximum atomic E-state index is 12.2. The lowest BCUT2D eigenvalue weighted by molar-refractivity contribution is 0.0696. The highest BCUT2D eigenvalue weighted by Gasteiger charge is 2.13. The fraction of sp³-hybridized carbons (Fsp3) is 0. The van der Waals surface area contributed by atoms with E-state index in [0.29, 0.717) is 20.2 Å². The van der Waals surface area contributed by atoms with Crippen LogP contribution >= 0.6 is 44.1 Å². The molecule has 0 bridgehead atoms. The number of anilines is 1. The van der Waals surface area contributed by atoms with Crippen LogP contribution in [-0.4, -0.2) is 22.1 Å². The molecule has 0 aromatic heterocycles. The Bertz CT molecular complexity index is 796. The number of hydrogen-bond donors (Lipinski definition) is 3. The van der Waals surface area contributed by atoms with E-state index in [2.05, 4.69) is 42.5 Å². The van der Waals surface area contributed by atoms with E-state index in [1.807, 2.05) is 0 Å². The number of halogens is 2. The maximum Gasteiger partial charge on any atom is 0.335 e. The second-order valence-electron chi connectivity index (χ2n) is 4.39. The van der Waals surface area contributed by atoms with Gasteiger partial charge in [-0.05, 0) is 74.4 Å². The third kappa shape index (κ3) is 4.60. The Hall–Kier alpha value is -1.77. The van der Waals surface area contributed by atoms with Crippen LogP contribution in [0.4, 0.5) is 5.69 Å². The molecule has 0 spiro atoms. The summed E-state index contributed by atoms with van der Waals surface area (Å²) in [5, 5.41) is 14.4. The SMILES string of the molecule is O=C(O)c1ccc(Br)c(NC(=S)NC(=O)c2ccccc2Br)c1. The molecule has 0 saturated carbocycles. The van der Waals surface area contributed by atoms with Crippen LogP contribution in [-0.2, 0) is 0 Å². The van der Waals surface area contributed by atoms with Crippen molar-refractivity contribution in [2.75, 3.05) is 5.32 Å². The highest BCUT2D eigenvalue weighted by molar-refractivity contribution is 9.11. The van der Waals surface area contributed by atoms with Crippen LogP contribution in [0.2, 0.25) is 0 Å². The van der Waals surface area contributed by atoms with Gasteiger partial charge in [0.2, 0.25) is 0 Å². The lowest BCUT2D eigenvalue weighted by atomic mass is 10.2. The van der Waals surface area contributed by atoms with Gasteiger partial charge in [0, 0.05) is 8.95 Å². The molecule has 0 saturated heterocycles. The van der Waals surface area contributed by atoms with Crippen molar-refractivity contribution in [2.45, 2.75) is 0 Å². The molecule has 0 radical (unpaired) electrons. The number of rotatable bonds is 3. The number of carboxylic acid groups (broad SMARTS) is 1. The molecule has 2 aromatic rings. The Morgan fingerprint density at radius 3 is 2.39 bits per heavy atom. The van der Waals surface area contributed by atoms with Gasteiger partial charge in [-0.1, -0.05) is 12.1 Å². The van der Waals surface area contributed by atoms with E-state index in [-0.39, 0.29) is 16.6 Å². The molecule has 0 aliphatic rings. The number of aromatic carboxylic acids is 1. The lowest BCUT2D eigenvalue weighted by Crippen LogP contribution is -2.34. The number of carbonyl (C=O) groups is 2. The lowest BCUT2D eigenvalue weighted by Gasteiger charge is -2.12. The van der Waals surface area contributed by atoms with Crippen molar-refractivity contribution >= 4 is 66.8 Å². The van der Waals surface area contributed by atoms with Gasteiger partial charge in [-0.25, -0.2) is 4.79 Å². The third-order valence-electron chi connectivity index (χ3n) is 2.81. The van der Waals surface area contributed by atoms with Gasteiger partial charge in [0.25, 0.3) is 5.91 Å². The predicted molar refractivity (Wildman–Crippen MR) is 98.9 cm³/mol. The minimum absolute atomic E-state index is 0.0639. The molecule has 0 fully saturated rings. The zero-order valence-electron chi connectivity index (χ0n) is 11.5. The largest absolute Gasteiger partial charge is 0.478 e. The number of nitrogens with one attached hydrogen (secondary N) is 2. The second kappa shape index (κ2) is 7.67. The average molecular weight is 458 g/mol. The van der Waals surface area contributed by atoms with Gasteiger partial charge in [0.15, 0.2) is 5.11 Å². The van der Waals surface area contributed by atoms with Gasteiger partial charge in [0.1, 0.15) is 0 Å². The molecule has 2 aromatic carbocycles. The molecule has 3 N–H and O–H groups in total. The average Bonchev–Trinajstić information content (AvgIpc) is 2.49. The zero-order valence-corrected chi connectivity index (χ0v) is 15.5. The van der Waals surface area contributed by atoms with Gasteiger partial charge in [0.05, 0.1) is 16.8 Å². The van der Waals surface area contributed by atoms with E-state index in [4.69, 9.17) is 17.3 Å². The summed E-state index contributed by atoms with van der Waals surface area (Å²) in [7, 11) is 0. The predicted octanol–water partition coefficient (Wildman–Crippen LogP) is 4.04. The van der Waals surface area contributed by atoms with Crippen molar-refractivity contribution in [3.8, 4) is 0 Å². The molecule has 0 unspecified atom stereocenters. The molecule has 1 amide bonds. The summed E-state index contributed by atoms with van der Waals surface area (Å²) in [5.74, 6) is -1.43. The summed E-state index contributed by atoms with van der Waals surface area (Å²) in [6, 6.07) is 11.4. The quantitative estimate of drug-likeness (QED) is 0.606.